The molecular formula is C30H46N6O8. The van der Waals surface area contributed by atoms with E-state index in [-0.39, 0.29) is 25.7 Å². The predicted molar refractivity (Wildman–Crippen MR) is 161 cm³/mol. The molecule has 14 heteroatoms. The Hall–Kier alpha value is -4.04. The van der Waals surface area contributed by atoms with Gasteiger partial charge in [-0.2, -0.15) is 0 Å². The Bertz CT molecular complexity index is 1130. The number of carboxylic acids is 2. The molecule has 1 heterocycles. The van der Waals surface area contributed by atoms with Gasteiger partial charge in [0.05, 0.1) is 6.04 Å². The van der Waals surface area contributed by atoms with Gasteiger partial charge in [0.1, 0.15) is 24.2 Å². The second kappa shape index (κ2) is 18.6. The van der Waals surface area contributed by atoms with Crippen molar-refractivity contribution in [2.75, 3.05) is 13.1 Å². The highest BCUT2D eigenvalue weighted by Crippen LogP contribution is 2.11. The van der Waals surface area contributed by atoms with E-state index >= 15 is 0 Å². The van der Waals surface area contributed by atoms with Gasteiger partial charge >= 0.3 is 11.9 Å². The number of aliphatic carboxylic acids is 2. The molecule has 1 aromatic carbocycles. The molecule has 14 nitrogen and oxygen atoms in total. The third-order valence-corrected chi connectivity index (χ3v) is 7.38. The minimum Gasteiger partial charge on any atom is -0.481 e. The summed E-state index contributed by atoms with van der Waals surface area (Å²) in [6.45, 7) is 4.38. The fourth-order valence-corrected chi connectivity index (χ4v) is 4.85. The fraction of sp³-hybridized carbons (Fsp3) is 0.600. The third-order valence-electron chi connectivity index (χ3n) is 7.38. The Morgan fingerprint density at radius 2 is 1.50 bits per heavy atom. The van der Waals surface area contributed by atoms with Crippen LogP contribution in [0.5, 0.6) is 0 Å². The highest BCUT2D eigenvalue weighted by molar-refractivity contribution is 5.95. The average molecular weight is 619 g/mol. The molecular weight excluding hydrogens is 572 g/mol. The summed E-state index contributed by atoms with van der Waals surface area (Å²) < 4.78 is 0. The number of amides is 4. The number of hydrogen-bond donors (Lipinski definition) is 8. The van der Waals surface area contributed by atoms with E-state index in [9.17, 15) is 33.9 Å². The molecule has 0 aliphatic carbocycles. The monoisotopic (exact) mass is 618 g/mol. The van der Waals surface area contributed by atoms with E-state index in [1.807, 2.05) is 0 Å². The zero-order chi connectivity index (χ0) is 32.6. The molecule has 1 fully saturated rings. The lowest BCUT2D eigenvalue weighted by Gasteiger charge is -2.28. The minimum atomic E-state index is -1.24. The second-order valence-electron chi connectivity index (χ2n) is 11.3. The van der Waals surface area contributed by atoms with Crippen molar-refractivity contribution < 1.29 is 39.0 Å². The second-order valence-corrected chi connectivity index (χ2v) is 11.3. The van der Waals surface area contributed by atoms with Gasteiger partial charge in [-0.05, 0) is 63.1 Å². The number of nitrogens with one attached hydrogen (secondary N) is 5. The van der Waals surface area contributed by atoms with Crippen molar-refractivity contribution in [1.29, 1.82) is 0 Å². The summed E-state index contributed by atoms with van der Waals surface area (Å²) >= 11 is 0. The maximum absolute atomic E-state index is 13.5. The van der Waals surface area contributed by atoms with Gasteiger partial charge < -0.3 is 42.5 Å². The maximum Gasteiger partial charge on any atom is 0.326 e. The van der Waals surface area contributed by atoms with Crippen LogP contribution >= 0.6 is 0 Å². The van der Waals surface area contributed by atoms with Gasteiger partial charge in [-0.25, -0.2) is 4.79 Å². The van der Waals surface area contributed by atoms with Crippen molar-refractivity contribution in [3.63, 3.8) is 0 Å². The summed E-state index contributed by atoms with van der Waals surface area (Å²) in [5.41, 5.74) is 6.31. The van der Waals surface area contributed by atoms with Gasteiger partial charge in [-0.3, -0.25) is 24.0 Å². The lowest BCUT2D eigenvalue weighted by Crippen LogP contribution is -2.59. The van der Waals surface area contributed by atoms with Crippen molar-refractivity contribution >= 4 is 35.6 Å². The maximum atomic E-state index is 13.5. The van der Waals surface area contributed by atoms with Crippen molar-refractivity contribution in [2.24, 2.45) is 11.7 Å². The molecule has 1 aliphatic rings. The molecule has 1 saturated heterocycles. The first kappa shape index (κ1) is 36.2. The summed E-state index contributed by atoms with van der Waals surface area (Å²) in [4.78, 5) is 75.9. The number of rotatable bonds is 19. The zero-order valence-electron chi connectivity index (χ0n) is 25.3. The molecule has 44 heavy (non-hydrogen) atoms. The molecule has 0 bridgehead atoms. The number of nitrogens with two attached hydrogens (primary N) is 1. The van der Waals surface area contributed by atoms with Crippen LogP contribution in [0.1, 0.15) is 64.4 Å². The number of hydrogen-bond acceptors (Lipinski definition) is 8. The number of unbranched alkanes of at least 4 members (excludes halogenated alkanes) is 1. The Labute approximate surface area is 257 Å². The summed E-state index contributed by atoms with van der Waals surface area (Å²) in [6.07, 6.45) is 2.06. The minimum absolute atomic E-state index is 0.0376. The zero-order valence-corrected chi connectivity index (χ0v) is 25.3. The van der Waals surface area contributed by atoms with Crippen molar-refractivity contribution in [3.05, 3.63) is 35.9 Å². The van der Waals surface area contributed by atoms with Crippen molar-refractivity contribution in [3.8, 4) is 0 Å². The van der Waals surface area contributed by atoms with E-state index in [0.717, 1.165) is 6.42 Å². The van der Waals surface area contributed by atoms with Crippen LogP contribution < -0.4 is 32.3 Å². The SMILES string of the molecule is CC(C)C(NC(=O)C(CCC(=O)O)NC(=O)C1CCCN1)C(=O)NC(CCCCN)C(=O)NC(Cc1ccccc1)C(=O)O. The molecule has 0 radical (unpaired) electrons. The summed E-state index contributed by atoms with van der Waals surface area (Å²) in [7, 11) is 0. The Morgan fingerprint density at radius 1 is 0.864 bits per heavy atom. The van der Waals surface area contributed by atoms with E-state index in [1.54, 1.807) is 44.2 Å². The normalized spacial score (nSPS) is 17.1. The number of benzene rings is 1. The van der Waals surface area contributed by atoms with Gasteiger partial charge in [0.15, 0.2) is 0 Å². The molecule has 1 aromatic rings. The van der Waals surface area contributed by atoms with E-state index < -0.39 is 71.7 Å². The highest BCUT2D eigenvalue weighted by Gasteiger charge is 2.33. The van der Waals surface area contributed by atoms with Gasteiger partial charge in [-0.15, -0.1) is 0 Å². The number of carboxylic acid groups (broad SMARTS) is 2. The summed E-state index contributed by atoms with van der Waals surface area (Å²) in [6, 6.07) is 3.61. The highest BCUT2D eigenvalue weighted by atomic mass is 16.4. The van der Waals surface area contributed by atoms with Crippen LogP contribution in [0.15, 0.2) is 30.3 Å². The molecule has 0 aromatic heterocycles. The van der Waals surface area contributed by atoms with E-state index in [0.29, 0.717) is 37.9 Å². The Morgan fingerprint density at radius 3 is 2.07 bits per heavy atom. The molecule has 5 unspecified atom stereocenters. The van der Waals surface area contributed by atoms with Crippen LogP contribution in [0.3, 0.4) is 0 Å². The molecule has 244 valence electrons. The van der Waals surface area contributed by atoms with Crippen molar-refractivity contribution in [2.45, 2.75) is 95.4 Å². The Balaban J connectivity index is 2.16. The first-order valence-electron chi connectivity index (χ1n) is 15.1. The number of carbonyl (C=O) groups excluding carboxylic acids is 4. The van der Waals surface area contributed by atoms with Crippen molar-refractivity contribution in [1.82, 2.24) is 26.6 Å². The van der Waals surface area contributed by atoms with E-state index in [1.165, 1.54) is 0 Å². The van der Waals surface area contributed by atoms with Crippen LogP contribution in [0, 0.1) is 5.92 Å². The predicted octanol–water partition coefficient (Wildman–Crippen LogP) is -0.345. The lowest BCUT2D eigenvalue weighted by atomic mass is 10.00. The van der Waals surface area contributed by atoms with Gasteiger partial charge in [0.2, 0.25) is 23.6 Å². The lowest BCUT2D eigenvalue weighted by molar-refractivity contribution is -0.142. The molecule has 2 rings (SSSR count). The summed E-state index contributed by atoms with van der Waals surface area (Å²) in [5, 5.41) is 32.3. The molecule has 0 saturated carbocycles. The molecule has 9 N–H and O–H groups in total. The first-order valence-corrected chi connectivity index (χ1v) is 15.1. The van der Waals surface area contributed by atoms with E-state index in [2.05, 4.69) is 26.6 Å². The molecule has 1 aliphatic heterocycles. The van der Waals surface area contributed by atoms with Gasteiger partial charge in [0, 0.05) is 12.8 Å². The van der Waals surface area contributed by atoms with Crippen LogP contribution in [0.25, 0.3) is 0 Å². The molecule has 4 amide bonds. The van der Waals surface area contributed by atoms with Crippen LogP contribution in [-0.2, 0) is 35.2 Å². The first-order chi connectivity index (χ1) is 20.9. The average Bonchev–Trinajstić information content (AvgIpc) is 3.52. The Kier molecular flexibility index (Phi) is 15.3. The number of carbonyl (C=O) groups is 6. The largest absolute Gasteiger partial charge is 0.481 e. The topological polar surface area (TPSA) is 229 Å². The van der Waals surface area contributed by atoms with Crippen LogP contribution in [0.2, 0.25) is 0 Å². The van der Waals surface area contributed by atoms with E-state index in [4.69, 9.17) is 10.8 Å². The van der Waals surface area contributed by atoms with Crippen LogP contribution in [0.4, 0.5) is 0 Å². The smallest absolute Gasteiger partial charge is 0.326 e. The quantitative estimate of drug-likeness (QED) is 0.0940. The fourth-order valence-electron chi connectivity index (χ4n) is 4.85. The van der Waals surface area contributed by atoms with Gasteiger partial charge in [-0.1, -0.05) is 44.2 Å². The third kappa shape index (κ3) is 12.3. The molecule has 5 atom stereocenters. The molecule has 0 spiro atoms. The van der Waals surface area contributed by atoms with Gasteiger partial charge in [0.25, 0.3) is 0 Å². The standard InChI is InChI=1S/C30H46N6O8/c1-18(2)25(36-28(41)22(13-14-24(37)38)33-26(39)20-12-8-16-32-20)29(42)34-21(11-6-7-15-31)27(40)35-23(30(43)44)17-19-9-4-3-5-10-19/h3-5,9-10,18,20-23,25,32H,6-8,11-17,31H2,1-2H3,(H,33,39)(H,34,42)(H,35,40)(H,36,41)(H,37,38)(H,43,44). The summed E-state index contributed by atoms with van der Waals surface area (Å²) in [5.74, 6) is -5.37. The van der Waals surface area contributed by atoms with Crippen LogP contribution in [-0.4, -0.2) is 89.1 Å².